The largest absolute Gasteiger partial charge is 0.347 e. The van der Waals surface area contributed by atoms with Crippen LogP contribution in [-0.2, 0) is 23.3 Å². The van der Waals surface area contributed by atoms with Gasteiger partial charge in [0.25, 0.3) is 0 Å². The third kappa shape index (κ3) is 4.00. The summed E-state index contributed by atoms with van der Waals surface area (Å²) in [5, 5.41) is 6.81. The van der Waals surface area contributed by atoms with E-state index >= 15 is 0 Å². The molecule has 2 aromatic rings. The molecule has 1 fully saturated rings. The zero-order chi connectivity index (χ0) is 17.0. The fourth-order valence-electron chi connectivity index (χ4n) is 3.03. The summed E-state index contributed by atoms with van der Waals surface area (Å²) < 4.78 is 5.21. The van der Waals surface area contributed by atoms with Crippen LogP contribution in [0.3, 0.4) is 0 Å². The molecular weight excluding hydrogens is 304 g/mol. The van der Waals surface area contributed by atoms with Crippen LogP contribution < -0.4 is 11.1 Å². The lowest BCUT2D eigenvalue weighted by molar-refractivity contribution is -0.121. The molecular formula is C18H24N4O2. The van der Waals surface area contributed by atoms with E-state index in [0.717, 1.165) is 31.2 Å². The summed E-state index contributed by atoms with van der Waals surface area (Å²) >= 11 is 0. The van der Waals surface area contributed by atoms with E-state index in [1.165, 1.54) is 5.56 Å². The number of aromatic nitrogens is 2. The lowest BCUT2D eigenvalue weighted by Gasteiger charge is -2.17. The van der Waals surface area contributed by atoms with Crippen molar-refractivity contribution in [2.45, 2.75) is 57.5 Å². The van der Waals surface area contributed by atoms with E-state index in [1.807, 2.05) is 6.92 Å². The van der Waals surface area contributed by atoms with E-state index in [2.05, 4.69) is 39.7 Å². The minimum Gasteiger partial charge on any atom is -0.347 e. The number of carbonyl (C=O) groups excluding carboxylic acids is 1. The Hall–Kier alpha value is -2.21. The second-order valence-corrected chi connectivity index (χ2v) is 6.64. The summed E-state index contributed by atoms with van der Waals surface area (Å²) in [6, 6.07) is 8.21. The third-order valence-electron chi connectivity index (χ3n) is 4.61. The molecule has 0 unspecified atom stereocenters. The Bertz CT molecular complexity index is 687. The average molecular weight is 328 g/mol. The van der Waals surface area contributed by atoms with Crippen molar-refractivity contribution in [2.24, 2.45) is 5.73 Å². The molecule has 6 nitrogen and oxygen atoms in total. The van der Waals surface area contributed by atoms with Crippen molar-refractivity contribution in [1.29, 1.82) is 0 Å². The van der Waals surface area contributed by atoms with Gasteiger partial charge < -0.3 is 15.6 Å². The van der Waals surface area contributed by atoms with Gasteiger partial charge in [-0.15, -0.1) is 0 Å². The molecule has 6 heteroatoms. The highest BCUT2D eigenvalue weighted by Crippen LogP contribution is 2.34. The Morgan fingerprint density at radius 3 is 2.71 bits per heavy atom. The number of nitrogens with two attached hydrogens (primary N) is 1. The van der Waals surface area contributed by atoms with Crippen LogP contribution in [0.5, 0.6) is 0 Å². The highest BCUT2D eigenvalue weighted by Gasteiger charge is 2.35. The van der Waals surface area contributed by atoms with Crippen molar-refractivity contribution in [2.75, 3.05) is 0 Å². The van der Waals surface area contributed by atoms with Gasteiger partial charge in [0.2, 0.25) is 11.8 Å². The minimum absolute atomic E-state index is 0.0290. The number of benzene rings is 1. The summed E-state index contributed by atoms with van der Waals surface area (Å²) in [5.74, 6) is 0.938. The highest BCUT2D eigenvalue weighted by atomic mass is 16.5. The first-order valence-electron chi connectivity index (χ1n) is 8.49. The molecule has 0 spiro atoms. The summed E-state index contributed by atoms with van der Waals surface area (Å²) in [6.07, 6.45) is 5.11. The number of nitrogens with zero attached hydrogens (tertiary/aromatic N) is 2. The third-order valence-corrected chi connectivity index (χ3v) is 4.61. The van der Waals surface area contributed by atoms with Crippen molar-refractivity contribution in [3.63, 3.8) is 0 Å². The number of amides is 1. The second-order valence-electron chi connectivity index (χ2n) is 6.64. The van der Waals surface area contributed by atoms with Crippen LogP contribution in [0.4, 0.5) is 0 Å². The predicted octanol–water partition coefficient (Wildman–Crippen LogP) is 2.36. The Morgan fingerprint density at radius 1 is 1.29 bits per heavy atom. The highest BCUT2D eigenvalue weighted by molar-refractivity contribution is 5.76. The summed E-state index contributed by atoms with van der Waals surface area (Å²) in [4.78, 5) is 16.3. The van der Waals surface area contributed by atoms with Gasteiger partial charge in [-0.3, -0.25) is 4.79 Å². The standard InChI is InChI=1S/C18H24N4O2/c1-13-4-6-14(7-5-13)8-9-15(23)20-12-16-21-17(22-24-16)18(19)10-2-3-11-18/h4-7H,2-3,8-12,19H2,1H3,(H,20,23). The van der Waals surface area contributed by atoms with Gasteiger partial charge in [0, 0.05) is 6.42 Å². The maximum absolute atomic E-state index is 12.0. The Balaban J connectivity index is 1.46. The van der Waals surface area contributed by atoms with Gasteiger partial charge in [0.15, 0.2) is 5.82 Å². The van der Waals surface area contributed by atoms with Gasteiger partial charge in [-0.2, -0.15) is 4.98 Å². The van der Waals surface area contributed by atoms with Crippen LogP contribution in [0.15, 0.2) is 28.8 Å². The fourth-order valence-corrected chi connectivity index (χ4v) is 3.03. The topological polar surface area (TPSA) is 94.0 Å². The second kappa shape index (κ2) is 7.13. The van der Waals surface area contributed by atoms with E-state index in [4.69, 9.17) is 10.3 Å². The zero-order valence-electron chi connectivity index (χ0n) is 14.0. The predicted molar refractivity (Wildman–Crippen MR) is 90.0 cm³/mol. The lowest BCUT2D eigenvalue weighted by Crippen LogP contribution is -2.34. The van der Waals surface area contributed by atoms with Crippen molar-refractivity contribution in [3.8, 4) is 0 Å². The van der Waals surface area contributed by atoms with Crippen LogP contribution >= 0.6 is 0 Å². The first kappa shape index (κ1) is 16.6. The molecule has 1 aliphatic rings. The SMILES string of the molecule is Cc1ccc(CCC(=O)NCc2nc(C3(N)CCCC3)no2)cc1. The number of hydrogen-bond donors (Lipinski definition) is 2. The van der Waals surface area contributed by atoms with Crippen LogP contribution in [0, 0.1) is 6.92 Å². The van der Waals surface area contributed by atoms with E-state index < -0.39 is 5.54 Å². The van der Waals surface area contributed by atoms with Gasteiger partial charge in [0.1, 0.15) is 0 Å². The van der Waals surface area contributed by atoms with Crippen LogP contribution in [0.1, 0.15) is 54.9 Å². The molecule has 1 aromatic heterocycles. The molecule has 0 saturated heterocycles. The smallest absolute Gasteiger partial charge is 0.246 e. The molecule has 1 saturated carbocycles. The molecule has 3 N–H and O–H groups in total. The molecule has 0 atom stereocenters. The summed E-state index contributed by atoms with van der Waals surface area (Å²) in [5.41, 5.74) is 8.21. The first-order chi connectivity index (χ1) is 11.5. The molecule has 1 amide bonds. The van der Waals surface area contributed by atoms with Crippen LogP contribution in [0.2, 0.25) is 0 Å². The van der Waals surface area contributed by atoms with Crippen molar-refractivity contribution in [1.82, 2.24) is 15.5 Å². The Labute approximate surface area is 141 Å². The average Bonchev–Trinajstić information content (AvgIpc) is 3.22. The maximum atomic E-state index is 12.0. The van der Waals surface area contributed by atoms with Gasteiger partial charge in [-0.1, -0.05) is 47.8 Å². The van der Waals surface area contributed by atoms with Crippen LogP contribution in [0.25, 0.3) is 0 Å². The van der Waals surface area contributed by atoms with E-state index in [0.29, 0.717) is 24.6 Å². The molecule has 24 heavy (non-hydrogen) atoms. The fraction of sp³-hybridized carbons (Fsp3) is 0.500. The minimum atomic E-state index is -0.461. The van der Waals surface area contributed by atoms with Crippen molar-refractivity contribution < 1.29 is 9.32 Å². The number of carbonyl (C=O) groups is 1. The molecule has 0 aliphatic heterocycles. The van der Waals surface area contributed by atoms with Gasteiger partial charge in [-0.25, -0.2) is 0 Å². The molecule has 1 aliphatic carbocycles. The summed E-state index contributed by atoms with van der Waals surface area (Å²) in [6.45, 7) is 2.29. The van der Waals surface area contributed by atoms with Gasteiger partial charge >= 0.3 is 0 Å². The van der Waals surface area contributed by atoms with Gasteiger partial charge in [0.05, 0.1) is 12.1 Å². The van der Waals surface area contributed by atoms with E-state index in [1.54, 1.807) is 0 Å². The molecule has 3 rings (SSSR count). The number of aryl methyl sites for hydroxylation is 2. The molecule has 1 aromatic carbocycles. The number of hydrogen-bond acceptors (Lipinski definition) is 5. The quantitative estimate of drug-likeness (QED) is 0.849. The van der Waals surface area contributed by atoms with E-state index in [9.17, 15) is 4.79 Å². The Morgan fingerprint density at radius 2 is 2.00 bits per heavy atom. The number of nitrogens with one attached hydrogen (secondary N) is 1. The lowest BCUT2D eigenvalue weighted by atomic mass is 9.99. The normalized spacial score (nSPS) is 16.2. The number of rotatable bonds is 6. The monoisotopic (exact) mass is 328 g/mol. The molecule has 0 bridgehead atoms. The zero-order valence-corrected chi connectivity index (χ0v) is 14.0. The van der Waals surface area contributed by atoms with Gasteiger partial charge in [-0.05, 0) is 31.7 Å². The Kier molecular flexibility index (Phi) is 4.94. The van der Waals surface area contributed by atoms with Crippen molar-refractivity contribution >= 4 is 5.91 Å². The molecule has 128 valence electrons. The van der Waals surface area contributed by atoms with E-state index in [-0.39, 0.29) is 12.5 Å². The van der Waals surface area contributed by atoms with Crippen LogP contribution in [-0.4, -0.2) is 16.0 Å². The first-order valence-corrected chi connectivity index (χ1v) is 8.49. The molecule has 1 heterocycles. The maximum Gasteiger partial charge on any atom is 0.246 e. The van der Waals surface area contributed by atoms with Crippen molar-refractivity contribution in [3.05, 3.63) is 47.1 Å². The summed E-state index contributed by atoms with van der Waals surface area (Å²) in [7, 11) is 0. The molecule has 0 radical (unpaired) electrons.